The first-order valence-electron chi connectivity index (χ1n) is 15.9. The fourth-order valence-corrected chi connectivity index (χ4v) is 6.36. The van der Waals surface area contributed by atoms with Gasteiger partial charge in [-0.15, -0.1) is 0 Å². The molecule has 0 bridgehead atoms. The van der Waals surface area contributed by atoms with Gasteiger partial charge in [-0.05, 0) is 72.2 Å². The quantitative estimate of drug-likeness (QED) is 0.253. The van der Waals surface area contributed by atoms with Gasteiger partial charge in [0.2, 0.25) is 23.6 Å². The van der Waals surface area contributed by atoms with Gasteiger partial charge >= 0.3 is 0 Å². The third kappa shape index (κ3) is 7.34. The Morgan fingerprint density at radius 1 is 0.522 bits per heavy atom. The van der Waals surface area contributed by atoms with Crippen LogP contribution < -0.4 is 10.6 Å². The van der Waals surface area contributed by atoms with Crippen LogP contribution in [-0.2, 0) is 32.0 Å². The number of benzene rings is 4. The molecule has 2 N–H and O–H groups in total. The summed E-state index contributed by atoms with van der Waals surface area (Å²) in [5.74, 6) is -0.407. The van der Waals surface area contributed by atoms with E-state index in [9.17, 15) is 19.2 Å². The van der Waals surface area contributed by atoms with Crippen molar-refractivity contribution < 1.29 is 19.2 Å². The maximum Gasteiger partial charge on any atom is 0.247 e. The van der Waals surface area contributed by atoms with Crippen molar-refractivity contribution in [3.63, 3.8) is 0 Å². The van der Waals surface area contributed by atoms with E-state index < -0.39 is 12.1 Å². The van der Waals surface area contributed by atoms with Crippen molar-refractivity contribution in [2.75, 3.05) is 23.7 Å². The van der Waals surface area contributed by atoms with Crippen molar-refractivity contribution in [2.45, 2.75) is 50.6 Å². The lowest BCUT2D eigenvalue weighted by Gasteiger charge is -2.24. The molecule has 2 aliphatic rings. The molecule has 0 aromatic heterocycles. The van der Waals surface area contributed by atoms with Gasteiger partial charge in [0.1, 0.15) is 12.1 Å². The van der Waals surface area contributed by atoms with Gasteiger partial charge in [0, 0.05) is 24.5 Å². The molecule has 2 saturated heterocycles. The zero-order valence-corrected chi connectivity index (χ0v) is 25.7. The number of nitrogens with one attached hydrogen (secondary N) is 2. The molecule has 0 spiro atoms. The van der Waals surface area contributed by atoms with Crippen molar-refractivity contribution >= 4 is 35.0 Å². The molecule has 46 heavy (non-hydrogen) atoms. The van der Waals surface area contributed by atoms with Crippen molar-refractivity contribution in [2.24, 2.45) is 0 Å². The molecule has 4 aromatic rings. The summed E-state index contributed by atoms with van der Waals surface area (Å²) in [5, 5.41) is 5.97. The number of carbonyl (C=O) groups excluding carboxylic acids is 4. The van der Waals surface area contributed by atoms with Crippen LogP contribution >= 0.6 is 0 Å². The Balaban J connectivity index is 1.02. The first-order chi connectivity index (χ1) is 22.4. The molecule has 234 valence electrons. The van der Waals surface area contributed by atoms with Crippen LogP contribution in [0, 0.1) is 0 Å². The number of hydrogen-bond acceptors (Lipinski definition) is 4. The number of hydrogen-bond donors (Lipinski definition) is 2. The topological polar surface area (TPSA) is 98.8 Å². The van der Waals surface area contributed by atoms with Gasteiger partial charge in [-0.3, -0.25) is 19.2 Å². The smallest absolute Gasteiger partial charge is 0.247 e. The monoisotopic (exact) mass is 614 g/mol. The van der Waals surface area contributed by atoms with E-state index in [4.69, 9.17) is 0 Å². The standard InChI is InChI=1S/C38H38N4O4/c43-35(25-27-9-3-1-4-10-27)41-23-7-13-33(41)37(45)39-31-19-15-29(16-20-31)30-17-21-32(22-18-30)40-38(46)34-14-8-24-42(34)36(44)26-28-11-5-2-6-12-28/h1-6,9-12,15-22,33-34H,7-8,13-14,23-26H2,(H,39,45)(H,40,46)/t33-,34-/m0/s1. The molecule has 0 aliphatic carbocycles. The predicted molar refractivity (Wildman–Crippen MR) is 179 cm³/mol. The first kappa shape index (κ1) is 30.8. The number of nitrogens with zero attached hydrogens (tertiary/aromatic N) is 2. The number of anilines is 2. The maximum absolute atomic E-state index is 13.1. The minimum atomic E-state index is -0.475. The molecule has 0 radical (unpaired) electrons. The van der Waals surface area contributed by atoms with Crippen LogP contribution in [0.4, 0.5) is 11.4 Å². The van der Waals surface area contributed by atoms with Crippen LogP contribution in [0.2, 0.25) is 0 Å². The number of rotatable bonds is 9. The highest BCUT2D eigenvalue weighted by Gasteiger charge is 2.35. The number of likely N-dealkylation sites (tertiary alicyclic amines) is 2. The van der Waals surface area contributed by atoms with Crippen LogP contribution in [0.3, 0.4) is 0 Å². The van der Waals surface area contributed by atoms with Gasteiger partial charge < -0.3 is 20.4 Å². The van der Waals surface area contributed by atoms with Crippen LogP contribution in [-0.4, -0.2) is 58.6 Å². The largest absolute Gasteiger partial charge is 0.330 e. The highest BCUT2D eigenvalue weighted by molar-refractivity contribution is 5.99. The second kappa shape index (κ2) is 14.2. The summed E-state index contributed by atoms with van der Waals surface area (Å²) in [5.41, 5.74) is 5.15. The van der Waals surface area contributed by atoms with Crippen molar-refractivity contribution in [1.29, 1.82) is 0 Å². The lowest BCUT2D eigenvalue weighted by molar-refractivity contribution is -0.136. The molecule has 2 atom stereocenters. The van der Waals surface area contributed by atoms with E-state index in [-0.39, 0.29) is 36.5 Å². The first-order valence-corrected chi connectivity index (χ1v) is 15.9. The number of amides is 4. The Morgan fingerprint density at radius 2 is 0.891 bits per heavy atom. The Kier molecular flexibility index (Phi) is 9.53. The van der Waals surface area contributed by atoms with Gasteiger partial charge in [0.25, 0.3) is 0 Å². The van der Waals surface area contributed by atoms with Crippen LogP contribution in [0.25, 0.3) is 11.1 Å². The molecule has 0 saturated carbocycles. The summed E-state index contributed by atoms with van der Waals surface area (Å²) in [4.78, 5) is 55.6. The Labute approximate surface area is 269 Å². The molecule has 8 heteroatoms. The lowest BCUT2D eigenvalue weighted by atomic mass is 10.0. The molecule has 8 nitrogen and oxygen atoms in total. The second-order valence-corrected chi connectivity index (χ2v) is 11.9. The lowest BCUT2D eigenvalue weighted by Crippen LogP contribution is -2.43. The van der Waals surface area contributed by atoms with Gasteiger partial charge in [0.05, 0.1) is 12.8 Å². The second-order valence-electron chi connectivity index (χ2n) is 11.9. The van der Waals surface area contributed by atoms with E-state index in [1.165, 1.54) is 0 Å². The average Bonchev–Trinajstić information content (AvgIpc) is 3.78. The van der Waals surface area contributed by atoms with Gasteiger partial charge in [-0.25, -0.2) is 0 Å². The van der Waals surface area contributed by atoms with E-state index in [1.54, 1.807) is 9.80 Å². The van der Waals surface area contributed by atoms with Gasteiger partial charge in [0.15, 0.2) is 0 Å². The van der Waals surface area contributed by atoms with E-state index in [0.717, 1.165) is 35.1 Å². The molecule has 2 fully saturated rings. The molecule has 4 aromatic carbocycles. The normalized spacial score (nSPS) is 17.5. The minimum Gasteiger partial charge on any atom is -0.330 e. The average molecular weight is 615 g/mol. The Bertz CT molecular complexity index is 1550. The molecule has 2 aliphatic heterocycles. The molecule has 0 unspecified atom stereocenters. The third-order valence-corrected chi connectivity index (χ3v) is 8.79. The zero-order chi connectivity index (χ0) is 31.9. The van der Waals surface area contributed by atoms with Crippen molar-refractivity contribution in [3.8, 4) is 11.1 Å². The minimum absolute atomic E-state index is 0.0315. The van der Waals surface area contributed by atoms with Gasteiger partial charge in [-0.2, -0.15) is 0 Å². The molecule has 4 amide bonds. The van der Waals surface area contributed by atoms with E-state index in [1.807, 2.05) is 109 Å². The predicted octanol–water partition coefficient (Wildman–Crippen LogP) is 5.70. The third-order valence-electron chi connectivity index (χ3n) is 8.79. The SMILES string of the molecule is O=C(Nc1ccc(-c2ccc(NC(=O)[C@@H]3CCCN3C(=O)Cc3ccccc3)cc2)cc1)[C@@H]1CCCN1C(=O)Cc1ccccc1. The van der Waals surface area contributed by atoms with E-state index >= 15 is 0 Å². The molecular weight excluding hydrogens is 576 g/mol. The summed E-state index contributed by atoms with van der Waals surface area (Å²) in [6.07, 6.45) is 3.48. The summed E-state index contributed by atoms with van der Waals surface area (Å²) < 4.78 is 0. The summed E-state index contributed by atoms with van der Waals surface area (Å²) in [6.45, 7) is 1.18. The molecular formula is C38H38N4O4. The fourth-order valence-electron chi connectivity index (χ4n) is 6.36. The van der Waals surface area contributed by atoms with Crippen LogP contribution in [0.15, 0.2) is 109 Å². The van der Waals surface area contributed by atoms with Crippen molar-refractivity contribution in [1.82, 2.24) is 9.80 Å². The van der Waals surface area contributed by atoms with Gasteiger partial charge in [-0.1, -0.05) is 84.9 Å². The van der Waals surface area contributed by atoms with E-state index in [2.05, 4.69) is 10.6 Å². The van der Waals surface area contributed by atoms with E-state index in [0.29, 0.717) is 37.3 Å². The highest BCUT2D eigenvalue weighted by atomic mass is 16.2. The van der Waals surface area contributed by atoms with Crippen LogP contribution in [0.5, 0.6) is 0 Å². The Hall–Kier alpha value is -5.24. The summed E-state index contributed by atoms with van der Waals surface area (Å²) in [7, 11) is 0. The maximum atomic E-state index is 13.1. The fraction of sp³-hybridized carbons (Fsp3) is 0.263. The highest BCUT2D eigenvalue weighted by Crippen LogP contribution is 2.26. The van der Waals surface area contributed by atoms with Crippen LogP contribution in [0.1, 0.15) is 36.8 Å². The number of carbonyl (C=O) groups is 4. The molecule has 2 heterocycles. The zero-order valence-electron chi connectivity index (χ0n) is 25.7. The summed E-state index contributed by atoms with van der Waals surface area (Å²) in [6, 6.07) is 33.4. The molecule has 6 rings (SSSR count). The summed E-state index contributed by atoms with van der Waals surface area (Å²) >= 11 is 0. The Morgan fingerprint density at radius 3 is 1.26 bits per heavy atom. The van der Waals surface area contributed by atoms with Crippen molar-refractivity contribution in [3.05, 3.63) is 120 Å².